The average Bonchev–Trinajstić information content (AvgIpc) is 3.38. The number of anilines is 2. The number of likely N-dealkylation sites (tertiary alicyclic amines) is 1. The van der Waals surface area contributed by atoms with Crippen LogP contribution >= 0.6 is 11.3 Å². The van der Waals surface area contributed by atoms with E-state index in [9.17, 15) is 14.4 Å². The second-order valence-electron chi connectivity index (χ2n) is 7.64. The number of amides is 2. The zero-order valence-electron chi connectivity index (χ0n) is 17.8. The normalized spacial score (nSPS) is 20.8. The second kappa shape index (κ2) is 10.0. The van der Waals surface area contributed by atoms with Crippen molar-refractivity contribution in [2.45, 2.75) is 25.9 Å². The molecular formula is C20H27N4O6S+. The Balaban J connectivity index is 1.72. The Morgan fingerprint density at radius 1 is 1.19 bits per heavy atom. The van der Waals surface area contributed by atoms with Gasteiger partial charge in [0.25, 0.3) is 11.8 Å². The van der Waals surface area contributed by atoms with Crippen molar-refractivity contribution in [2.24, 2.45) is 0 Å². The quantitative estimate of drug-likeness (QED) is 0.465. The molecule has 0 saturated carbocycles. The molecule has 1 aliphatic rings. The van der Waals surface area contributed by atoms with Crippen LogP contribution in [0.1, 0.15) is 28.1 Å². The third-order valence-corrected chi connectivity index (χ3v) is 6.54. The van der Waals surface area contributed by atoms with Crippen molar-refractivity contribution in [1.29, 1.82) is 0 Å². The summed E-state index contributed by atoms with van der Waals surface area (Å²) >= 11 is 1.22. The number of nitrogens with zero attached hydrogens (tertiary/aromatic N) is 2. The maximum atomic E-state index is 13.0. The van der Waals surface area contributed by atoms with E-state index < -0.39 is 5.97 Å². The van der Waals surface area contributed by atoms with Crippen molar-refractivity contribution in [3.63, 3.8) is 0 Å². The van der Waals surface area contributed by atoms with Gasteiger partial charge in [-0.2, -0.15) is 0 Å². The number of piperidine rings is 1. The molecule has 2 amide bonds. The van der Waals surface area contributed by atoms with E-state index in [1.54, 1.807) is 18.6 Å². The topological polar surface area (TPSA) is 120 Å². The van der Waals surface area contributed by atoms with Crippen molar-refractivity contribution in [3.05, 3.63) is 28.2 Å². The lowest BCUT2D eigenvalue weighted by molar-refractivity contribution is -0.918. The number of aryl methyl sites for hydroxylation is 1. The van der Waals surface area contributed by atoms with Crippen molar-refractivity contribution in [3.8, 4) is 0 Å². The van der Waals surface area contributed by atoms with E-state index in [0.29, 0.717) is 29.5 Å². The molecule has 0 aromatic carbocycles. The first-order chi connectivity index (χ1) is 14.9. The third kappa shape index (κ3) is 5.69. The van der Waals surface area contributed by atoms with Crippen LogP contribution in [0.5, 0.6) is 0 Å². The summed E-state index contributed by atoms with van der Waals surface area (Å²) in [6.45, 7) is 3.26. The summed E-state index contributed by atoms with van der Waals surface area (Å²) in [5, 5.41) is 11.0. The largest absolute Gasteiger partial charge is 0.465 e. The van der Waals surface area contributed by atoms with Crippen LogP contribution in [0.4, 0.5) is 11.5 Å². The van der Waals surface area contributed by atoms with Crippen LogP contribution in [-0.4, -0.2) is 73.9 Å². The lowest BCUT2D eigenvalue weighted by Gasteiger charge is -2.42. The highest BCUT2D eigenvalue weighted by molar-refractivity contribution is 7.12. The Bertz CT molecular complexity index is 918. The highest BCUT2D eigenvalue weighted by Crippen LogP contribution is 2.29. The van der Waals surface area contributed by atoms with Gasteiger partial charge in [-0.25, -0.2) is 4.79 Å². The van der Waals surface area contributed by atoms with Crippen molar-refractivity contribution >= 4 is 40.6 Å². The van der Waals surface area contributed by atoms with Crippen molar-refractivity contribution < 1.29 is 32.9 Å². The van der Waals surface area contributed by atoms with E-state index in [2.05, 4.69) is 15.8 Å². The van der Waals surface area contributed by atoms with Gasteiger partial charge in [-0.05, 0) is 17.9 Å². The predicted octanol–water partition coefficient (Wildman–Crippen LogP) is 2.03. The third-order valence-electron chi connectivity index (χ3n) is 5.46. The second-order valence-corrected chi connectivity index (χ2v) is 8.52. The smallest absolute Gasteiger partial charge is 0.350 e. The van der Waals surface area contributed by atoms with Crippen LogP contribution in [0, 0.1) is 6.92 Å². The number of quaternary nitrogens is 1. The van der Waals surface area contributed by atoms with Crippen LogP contribution in [0.25, 0.3) is 0 Å². The first-order valence-electron chi connectivity index (χ1n) is 9.90. The summed E-state index contributed by atoms with van der Waals surface area (Å²) in [5.74, 6) is -0.683. The molecule has 3 heterocycles. The van der Waals surface area contributed by atoms with Gasteiger partial charge in [-0.3, -0.25) is 9.59 Å². The summed E-state index contributed by atoms with van der Waals surface area (Å²) in [6, 6.07) is 1.56. The minimum Gasteiger partial charge on any atom is -0.465 e. The van der Waals surface area contributed by atoms with Crippen LogP contribution in [0.15, 0.2) is 22.2 Å². The maximum Gasteiger partial charge on any atom is 0.350 e. The first-order valence-corrected chi connectivity index (χ1v) is 10.8. The number of rotatable bonds is 8. The number of esters is 1. The van der Waals surface area contributed by atoms with E-state index in [4.69, 9.17) is 14.0 Å². The fraction of sp³-hybridized carbons (Fsp3) is 0.500. The Morgan fingerprint density at radius 2 is 1.87 bits per heavy atom. The summed E-state index contributed by atoms with van der Waals surface area (Å²) in [4.78, 5) is 38.0. The first kappa shape index (κ1) is 22.9. The molecule has 1 aliphatic heterocycles. The lowest BCUT2D eigenvalue weighted by Crippen LogP contribution is -2.60. The Kier molecular flexibility index (Phi) is 7.42. The zero-order chi connectivity index (χ0) is 22.4. The molecule has 0 radical (unpaired) electrons. The number of hydrogen-bond acceptors (Lipinski definition) is 8. The lowest BCUT2D eigenvalue weighted by atomic mass is 10.0. The van der Waals surface area contributed by atoms with Gasteiger partial charge in [0.15, 0.2) is 18.9 Å². The predicted molar refractivity (Wildman–Crippen MR) is 114 cm³/mol. The molecule has 0 aliphatic carbocycles. The molecule has 31 heavy (non-hydrogen) atoms. The summed E-state index contributed by atoms with van der Waals surface area (Å²) in [7, 11) is 2.97. The van der Waals surface area contributed by atoms with Crippen molar-refractivity contribution in [1.82, 2.24) is 5.16 Å². The highest BCUT2D eigenvalue weighted by Gasteiger charge is 2.38. The maximum absolute atomic E-state index is 13.0. The summed E-state index contributed by atoms with van der Waals surface area (Å²) in [5.41, 5.74) is 1.24. The molecule has 0 unspecified atom stereocenters. The highest BCUT2D eigenvalue weighted by atomic mass is 32.1. The van der Waals surface area contributed by atoms with Gasteiger partial charge >= 0.3 is 5.97 Å². The van der Waals surface area contributed by atoms with Gasteiger partial charge in [-0.1, -0.05) is 5.16 Å². The Labute approximate surface area is 184 Å². The average molecular weight is 452 g/mol. The van der Waals surface area contributed by atoms with Crippen LogP contribution < -0.4 is 10.6 Å². The fourth-order valence-corrected chi connectivity index (χ4v) is 4.71. The zero-order valence-corrected chi connectivity index (χ0v) is 18.6. The number of aromatic nitrogens is 1. The van der Waals surface area contributed by atoms with Gasteiger partial charge in [0.1, 0.15) is 11.1 Å². The van der Waals surface area contributed by atoms with E-state index in [-0.39, 0.29) is 35.5 Å². The number of ether oxygens (including phenoxy) is 2. The SMILES string of the molecule is COC(=O)c1scc(C)c1NC(=O)C[N+]1(CC(=O)Nc2ccon2)CCC(OC)CC1. The van der Waals surface area contributed by atoms with Gasteiger partial charge in [0, 0.05) is 26.0 Å². The monoisotopic (exact) mass is 451 g/mol. The molecule has 11 heteroatoms. The molecular weight excluding hydrogens is 424 g/mol. The van der Waals surface area contributed by atoms with Gasteiger partial charge in [0.05, 0.1) is 32.0 Å². The van der Waals surface area contributed by atoms with Crippen molar-refractivity contribution in [2.75, 3.05) is 51.0 Å². The number of carbonyl (C=O) groups excluding carboxylic acids is 3. The minimum atomic E-state index is -0.495. The molecule has 168 valence electrons. The number of nitrogens with one attached hydrogen (secondary N) is 2. The Hall–Kier alpha value is -2.76. The molecule has 2 aromatic rings. The Morgan fingerprint density at radius 3 is 2.45 bits per heavy atom. The summed E-state index contributed by atoms with van der Waals surface area (Å²) < 4.78 is 15.3. The van der Waals surface area contributed by atoms with E-state index in [1.165, 1.54) is 24.7 Å². The van der Waals surface area contributed by atoms with Crippen LogP contribution in [0.2, 0.25) is 0 Å². The molecule has 10 nitrogen and oxygen atoms in total. The molecule has 1 fully saturated rings. The summed E-state index contributed by atoms with van der Waals surface area (Å²) in [6.07, 6.45) is 2.97. The van der Waals surface area contributed by atoms with E-state index in [0.717, 1.165) is 18.4 Å². The number of methoxy groups -OCH3 is 2. The fourth-order valence-electron chi connectivity index (χ4n) is 3.79. The molecule has 0 atom stereocenters. The molecule has 0 spiro atoms. The van der Waals surface area contributed by atoms with E-state index in [1.807, 2.05) is 6.92 Å². The standard InChI is InChI=1S/C20H26N4O6S/c1-13-12-31-19(20(27)29-3)18(13)22-17(26)11-24(7-4-14(28-2)5-8-24)10-16(25)21-15-6-9-30-23-15/h6,9,12,14H,4-5,7-8,10-11H2,1-3H3,(H-,21,22,23,25,26,27)/p+1. The van der Waals surface area contributed by atoms with Crippen LogP contribution in [0.3, 0.4) is 0 Å². The van der Waals surface area contributed by atoms with Gasteiger partial charge in [0.2, 0.25) is 0 Å². The molecule has 3 rings (SSSR count). The number of hydrogen-bond donors (Lipinski definition) is 2. The molecule has 2 N–H and O–H groups in total. The number of carbonyl (C=O) groups is 3. The number of thiophene rings is 1. The molecule has 0 bridgehead atoms. The van der Waals surface area contributed by atoms with E-state index >= 15 is 0 Å². The molecule has 1 saturated heterocycles. The van der Waals surface area contributed by atoms with Gasteiger partial charge in [-0.15, -0.1) is 11.3 Å². The van der Waals surface area contributed by atoms with Gasteiger partial charge < -0.3 is 29.1 Å². The molecule has 2 aromatic heterocycles. The van der Waals surface area contributed by atoms with Crippen LogP contribution in [-0.2, 0) is 19.1 Å². The minimum absolute atomic E-state index is 0.0958.